The van der Waals surface area contributed by atoms with Gasteiger partial charge in [0, 0.05) is 63.1 Å². The molecular formula is C21H24BrN7O. The second-order valence-corrected chi connectivity index (χ2v) is 8.20. The third-order valence-corrected chi connectivity index (χ3v) is 5.66. The number of hydrogen-bond donors (Lipinski definition) is 2. The van der Waals surface area contributed by atoms with Gasteiger partial charge in [-0.05, 0) is 53.3 Å². The van der Waals surface area contributed by atoms with Crippen LogP contribution in [0.15, 0.2) is 58.1 Å². The molecule has 0 radical (unpaired) electrons. The molecule has 0 atom stereocenters. The molecule has 1 fully saturated rings. The van der Waals surface area contributed by atoms with Crippen LogP contribution < -0.4 is 21.1 Å². The first-order valence-electron chi connectivity index (χ1n) is 9.75. The predicted molar refractivity (Wildman–Crippen MR) is 124 cm³/mol. The molecule has 2 N–H and O–H groups in total. The molecule has 3 aromatic rings. The Morgan fingerprint density at radius 1 is 0.933 bits per heavy atom. The lowest BCUT2D eigenvalue weighted by atomic mass is 10.2. The van der Waals surface area contributed by atoms with Crippen molar-refractivity contribution >= 4 is 44.8 Å². The Balaban J connectivity index is 1.46. The zero-order valence-corrected chi connectivity index (χ0v) is 18.6. The number of aromatic nitrogens is 3. The first-order valence-corrected chi connectivity index (χ1v) is 10.5. The number of nitrogens with one attached hydrogen (secondary N) is 2. The summed E-state index contributed by atoms with van der Waals surface area (Å²) in [4.78, 5) is 25.2. The number of nitrogens with zero attached hydrogens (tertiary/aromatic N) is 5. The van der Waals surface area contributed by atoms with E-state index >= 15 is 0 Å². The molecular weight excluding hydrogens is 446 g/mol. The van der Waals surface area contributed by atoms with E-state index in [1.807, 2.05) is 12.1 Å². The SMILES string of the molecule is CN1CCN(c2ccc(Nc3ncc(Br)c(Nc4ccc(=O)n(C)c4)n3)cc2)CC1. The van der Waals surface area contributed by atoms with Gasteiger partial charge in [0.1, 0.15) is 5.82 Å². The van der Waals surface area contributed by atoms with Crippen molar-refractivity contribution in [2.75, 3.05) is 48.8 Å². The number of halogens is 1. The van der Waals surface area contributed by atoms with Crippen LogP contribution in [-0.2, 0) is 7.05 Å². The van der Waals surface area contributed by atoms with Gasteiger partial charge in [0.15, 0.2) is 0 Å². The monoisotopic (exact) mass is 469 g/mol. The quantitative estimate of drug-likeness (QED) is 0.593. The molecule has 0 amide bonds. The molecule has 1 saturated heterocycles. The number of benzene rings is 1. The molecule has 1 aliphatic rings. The molecule has 4 rings (SSSR count). The molecule has 1 aliphatic heterocycles. The Hall–Kier alpha value is -2.91. The zero-order chi connectivity index (χ0) is 21.1. The minimum Gasteiger partial charge on any atom is -0.369 e. The van der Waals surface area contributed by atoms with Crippen molar-refractivity contribution in [1.82, 2.24) is 19.4 Å². The maximum atomic E-state index is 11.6. The van der Waals surface area contributed by atoms with Crippen LogP contribution in [-0.4, -0.2) is 52.7 Å². The van der Waals surface area contributed by atoms with Crippen LogP contribution in [0.2, 0.25) is 0 Å². The number of likely N-dealkylation sites (N-methyl/N-ethyl adjacent to an activating group) is 1. The van der Waals surface area contributed by atoms with Gasteiger partial charge in [-0.1, -0.05) is 0 Å². The van der Waals surface area contributed by atoms with Gasteiger partial charge >= 0.3 is 0 Å². The van der Waals surface area contributed by atoms with Crippen molar-refractivity contribution in [3.8, 4) is 0 Å². The molecule has 0 saturated carbocycles. The van der Waals surface area contributed by atoms with Crippen LogP contribution in [0, 0.1) is 0 Å². The summed E-state index contributed by atoms with van der Waals surface area (Å²) in [5, 5.41) is 6.46. The van der Waals surface area contributed by atoms with Crippen molar-refractivity contribution in [3.63, 3.8) is 0 Å². The highest BCUT2D eigenvalue weighted by Gasteiger charge is 2.14. The lowest BCUT2D eigenvalue weighted by Crippen LogP contribution is -2.44. The van der Waals surface area contributed by atoms with Crippen molar-refractivity contribution in [2.24, 2.45) is 7.05 Å². The van der Waals surface area contributed by atoms with E-state index in [9.17, 15) is 4.79 Å². The van der Waals surface area contributed by atoms with E-state index in [0.717, 1.165) is 42.0 Å². The van der Waals surface area contributed by atoms with Crippen LogP contribution >= 0.6 is 15.9 Å². The van der Waals surface area contributed by atoms with Gasteiger partial charge < -0.3 is 25.0 Å². The van der Waals surface area contributed by atoms with Gasteiger partial charge in [0.2, 0.25) is 11.5 Å². The molecule has 30 heavy (non-hydrogen) atoms. The molecule has 0 unspecified atom stereocenters. The van der Waals surface area contributed by atoms with E-state index in [-0.39, 0.29) is 5.56 Å². The summed E-state index contributed by atoms with van der Waals surface area (Å²) in [6.07, 6.45) is 3.42. The largest absolute Gasteiger partial charge is 0.369 e. The fourth-order valence-corrected chi connectivity index (χ4v) is 3.56. The topological polar surface area (TPSA) is 78.3 Å². The summed E-state index contributed by atoms with van der Waals surface area (Å²) in [6.45, 7) is 4.24. The normalized spacial score (nSPS) is 14.6. The summed E-state index contributed by atoms with van der Waals surface area (Å²) in [5.74, 6) is 1.10. The Bertz CT molecular complexity index is 1080. The molecule has 0 spiro atoms. The molecule has 8 nitrogen and oxygen atoms in total. The van der Waals surface area contributed by atoms with E-state index in [4.69, 9.17) is 0 Å². The van der Waals surface area contributed by atoms with Crippen LogP contribution in [0.3, 0.4) is 0 Å². The maximum absolute atomic E-state index is 11.6. The van der Waals surface area contributed by atoms with E-state index in [2.05, 4.69) is 65.5 Å². The fourth-order valence-electron chi connectivity index (χ4n) is 3.27. The standard InChI is InChI=1S/C21H24BrN7O/c1-27-9-11-29(12-10-27)17-6-3-15(4-7-17)25-21-23-13-18(22)20(26-21)24-16-5-8-19(30)28(2)14-16/h3-8,13-14H,9-12H2,1-2H3,(H2,23,24,25,26). The second kappa shape index (κ2) is 8.85. The Labute approximate surface area is 183 Å². The molecule has 1 aromatic carbocycles. The molecule has 0 bridgehead atoms. The van der Waals surface area contributed by atoms with Crippen LogP contribution in [0.25, 0.3) is 0 Å². The number of anilines is 5. The second-order valence-electron chi connectivity index (χ2n) is 7.34. The minimum absolute atomic E-state index is 0.0651. The Morgan fingerprint density at radius 3 is 2.33 bits per heavy atom. The zero-order valence-electron chi connectivity index (χ0n) is 17.0. The van der Waals surface area contributed by atoms with Gasteiger partial charge in [-0.25, -0.2) is 4.98 Å². The number of hydrogen-bond acceptors (Lipinski definition) is 7. The van der Waals surface area contributed by atoms with Crippen molar-refractivity contribution in [2.45, 2.75) is 0 Å². The Morgan fingerprint density at radius 2 is 1.63 bits per heavy atom. The first kappa shape index (κ1) is 20.4. The summed E-state index contributed by atoms with van der Waals surface area (Å²) in [6, 6.07) is 11.6. The van der Waals surface area contributed by atoms with Crippen LogP contribution in [0.4, 0.5) is 28.8 Å². The highest BCUT2D eigenvalue weighted by Crippen LogP contribution is 2.26. The van der Waals surface area contributed by atoms with Crippen LogP contribution in [0.1, 0.15) is 0 Å². The average molecular weight is 470 g/mol. The lowest BCUT2D eigenvalue weighted by Gasteiger charge is -2.34. The Kier molecular flexibility index (Phi) is 6.01. The number of piperazine rings is 1. The van der Waals surface area contributed by atoms with Crippen molar-refractivity contribution in [1.29, 1.82) is 0 Å². The number of rotatable bonds is 5. The van der Waals surface area contributed by atoms with Crippen LogP contribution in [0.5, 0.6) is 0 Å². The van der Waals surface area contributed by atoms with Gasteiger partial charge in [-0.15, -0.1) is 0 Å². The minimum atomic E-state index is -0.0651. The predicted octanol–water partition coefficient (Wildman–Crippen LogP) is 3.18. The highest BCUT2D eigenvalue weighted by molar-refractivity contribution is 9.10. The molecule has 2 aromatic heterocycles. The fraction of sp³-hybridized carbons (Fsp3) is 0.286. The smallest absolute Gasteiger partial charge is 0.250 e. The van der Waals surface area contributed by atoms with Crippen molar-refractivity contribution < 1.29 is 0 Å². The molecule has 156 valence electrons. The van der Waals surface area contributed by atoms with E-state index < -0.39 is 0 Å². The molecule has 9 heteroatoms. The van der Waals surface area contributed by atoms with Gasteiger partial charge in [-0.2, -0.15) is 4.98 Å². The molecule has 0 aliphatic carbocycles. The lowest BCUT2D eigenvalue weighted by molar-refractivity contribution is 0.313. The summed E-state index contributed by atoms with van der Waals surface area (Å²) < 4.78 is 2.24. The van der Waals surface area contributed by atoms with Gasteiger partial charge in [0.05, 0.1) is 10.2 Å². The third kappa shape index (κ3) is 4.80. The van der Waals surface area contributed by atoms with Crippen molar-refractivity contribution in [3.05, 3.63) is 63.6 Å². The first-order chi connectivity index (χ1) is 14.5. The van der Waals surface area contributed by atoms with E-state index in [1.54, 1.807) is 25.5 Å². The molecule has 3 heterocycles. The van der Waals surface area contributed by atoms with Gasteiger partial charge in [0.25, 0.3) is 0 Å². The summed E-state index contributed by atoms with van der Waals surface area (Å²) >= 11 is 3.47. The summed E-state index contributed by atoms with van der Waals surface area (Å²) in [5.41, 5.74) is 2.84. The summed E-state index contributed by atoms with van der Waals surface area (Å²) in [7, 11) is 3.87. The number of aryl methyl sites for hydroxylation is 1. The average Bonchev–Trinajstić information content (AvgIpc) is 2.74. The third-order valence-electron chi connectivity index (χ3n) is 5.08. The highest BCUT2D eigenvalue weighted by atomic mass is 79.9. The van der Waals surface area contributed by atoms with Gasteiger partial charge in [-0.3, -0.25) is 4.79 Å². The number of pyridine rings is 1. The maximum Gasteiger partial charge on any atom is 0.250 e. The van der Waals surface area contributed by atoms with E-state index in [0.29, 0.717) is 11.8 Å². The van der Waals surface area contributed by atoms with E-state index in [1.165, 1.54) is 16.3 Å².